The van der Waals surface area contributed by atoms with Crippen molar-refractivity contribution in [1.82, 2.24) is 0 Å². The first-order valence-electron chi connectivity index (χ1n) is 10.8. The molecule has 0 unspecified atom stereocenters. The quantitative estimate of drug-likeness (QED) is 0.512. The van der Waals surface area contributed by atoms with Crippen molar-refractivity contribution in [3.63, 3.8) is 0 Å². The van der Waals surface area contributed by atoms with Crippen LogP contribution in [0.2, 0.25) is 0 Å². The second-order valence-corrected chi connectivity index (χ2v) is 8.25. The highest BCUT2D eigenvalue weighted by Crippen LogP contribution is 2.40. The minimum absolute atomic E-state index is 0.0524. The van der Waals surface area contributed by atoms with Crippen LogP contribution in [-0.4, -0.2) is 34.2 Å². The lowest BCUT2D eigenvalue weighted by Crippen LogP contribution is -2.23. The fraction of sp³-hybridized carbons (Fsp3) is 0.370. The number of Topliss-reactive ketones (excluding diaryl/α,β-unsaturated/α-hetero) is 1. The maximum Gasteiger partial charge on any atom is 0.185 e. The molecule has 0 bridgehead atoms. The van der Waals surface area contributed by atoms with Gasteiger partial charge in [-0.05, 0) is 49.0 Å². The van der Waals surface area contributed by atoms with Crippen molar-refractivity contribution >= 4 is 17.9 Å². The monoisotopic (exact) mass is 436 g/mol. The average Bonchev–Trinajstić information content (AvgIpc) is 2.80. The number of carbonyl (C=O) groups excluding carboxylic acids is 1. The Balaban J connectivity index is 2.09. The van der Waals surface area contributed by atoms with Gasteiger partial charge in [0.05, 0.1) is 28.4 Å². The molecule has 0 aliphatic heterocycles. The smallest absolute Gasteiger partial charge is 0.185 e. The Bertz CT molecular complexity index is 955. The molecule has 0 aromatic heterocycles. The molecule has 5 nitrogen and oxygen atoms in total. The van der Waals surface area contributed by atoms with Crippen LogP contribution >= 0.6 is 0 Å². The van der Waals surface area contributed by atoms with E-state index in [4.69, 9.17) is 18.9 Å². The summed E-state index contributed by atoms with van der Waals surface area (Å²) >= 11 is 0. The molecule has 2 aromatic carbocycles. The van der Waals surface area contributed by atoms with Crippen LogP contribution in [0.25, 0.3) is 12.2 Å². The van der Waals surface area contributed by atoms with Gasteiger partial charge in [-0.1, -0.05) is 38.1 Å². The van der Waals surface area contributed by atoms with Gasteiger partial charge in [0.2, 0.25) is 0 Å². The van der Waals surface area contributed by atoms with E-state index >= 15 is 0 Å². The highest BCUT2D eigenvalue weighted by molar-refractivity contribution is 6.14. The zero-order valence-corrected chi connectivity index (χ0v) is 19.7. The molecular formula is C27H32O5. The molecule has 0 saturated heterocycles. The molecule has 1 aliphatic rings. The number of carbonyl (C=O) groups is 1. The minimum Gasteiger partial charge on any atom is -0.493 e. The molecule has 0 spiro atoms. The van der Waals surface area contributed by atoms with Gasteiger partial charge in [0.15, 0.2) is 28.8 Å². The lowest BCUT2D eigenvalue weighted by molar-refractivity contribution is -0.113. The fourth-order valence-electron chi connectivity index (χ4n) is 4.18. The van der Waals surface area contributed by atoms with Gasteiger partial charge in [0.25, 0.3) is 0 Å². The van der Waals surface area contributed by atoms with E-state index in [1.54, 1.807) is 28.4 Å². The van der Waals surface area contributed by atoms with E-state index < -0.39 is 0 Å². The Morgan fingerprint density at radius 3 is 1.53 bits per heavy atom. The predicted molar refractivity (Wildman–Crippen MR) is 128 cm³/mol. The largest absolute Gasteiger partial charge is 0.493 e. The van der Waals surface area contributed by atoms with Gasteiger partial charge in [0, 0.05) is 22.3 Å². The SMILES string of the molecule is COc1cccc(/C=C2\CC(C(C)C)C/C(=C\c3cccc(OC)c3OC)C2=O)c1OC. The van der Waals surface area contributed by atoms with Crippen molar-refractivity contribution in [2.75, 3.05) is 28.4 Å². The fourth-order valence-corrected chi connectivity index (χ4v) is 4.18. The number of para-hydroxylation sites is 2. The van der Waals surface area contributed by atoms with Gasteiger partial charge >= 0.3 is 0 Å². The zero-order chi connectivity index (χ0) is 23.3. The molecule has 1 aliphatic carbocycles. The second kappa shape index (κ2) is 10.4. The van der Waals surface area contributed by atoms with Gasteiger partial charge in [0.1, 0.15) is 0 Å². The Labute approximate surface area is 190 Å². The van der Waals surface area contributed by atoms with Crippen LogP contribution < -0.4 is 18.9 Å². The van der Waals surface area contributed by atoms with Crippen LogP contribution in [0.15, 0.2) is 47.5 Å². The van der Waals surface area contributed by atoms with E-state index in [1.807, 2.05) is 48.6 Å². The summed E-state index contributed by atoms with van der Waals surface area (Å²) in [5.74, 6) is 3.39. The van der Waals surface area contributed by atoms with E-state index in [1.165, 1.54) is 0 Å². The summed E-state index contributed by atoms with van der Waals surface area (Å²) < 4.78 is 22.0. The normalized spacial score (nSPS) is 18.8. The molecular weight excluding hydrogens is 404 g/mol. The number of rotatable bonds is 7. The van der Waals surface area contributed by atoms with E-state index in [0.717, 1.165) is 35.1 Å². The molecule has 5 heteroatoms. The first kappa shape index (κ1) is 23.5. The highest BCUT2D eigenvalue weighted by Gasteiger charge is 2.30. The molecule has 170 valence electrons. The summed E-state index contributed by atoms with van der Waals surface area (Å²) in [6, 6.07) is 11.4. The first-order chi connectivity index (χ1) is 15.4. The zero-order valence-electron chi connectivity index (χ0n) is 19.7. The average molecular weight is 437 g/mol. The summed E-state index contributed by atoms with van der Waals surface area (Å²) in [4.78, 5) is 13.5. The summed E-state index contributed by atoms with van der Waals surface area (Å²) in [6.45, 7) is 4.40. The molecule has 1 saturated carbocycles. The van der Waals surface area contributed by atoms with Crippen molar-refractivity contribution in [3.05, 3.63) is 58.7 Å². The van der Waals surface area contributed by atoms with Gasteiger partial charge in [-0.15, -0.1) is 0 Å². The first-order valence-corrected chi connectivity index (χ1v) is 10.8. The van der Waals surface area contributed by atoms with Crippen LogP contribution in [0.3, 0.4) is 0 Å². The number of ether oxygens (including phenoxy) is 4. The summed E-state index contributed by atoms with van der Waals surface area (Å²) in [7, 11) is 6.44. The van der Waals surface area contributed by atoms with Crippen LogP contribution in [0.5, 0.6) is 23.0 Å². The van der Waals surface area contributed by atoms with Crippen LogP contribution in [0.4, 0.5) is 0 Å². The third-order valence-corrected chi connectivity index (χ3v) is 6.02. The second-order valence-electron chi connectivity index (χ2n) is 8.25. The molecule has 0 heterocycles. The lowest BCUT2D eigenvalue weighted by Gasteiger charge is -2.29. The molecule has 0 N–H and O–H groups in total. The molecule has 32 heavy (non-hydrogen) atoms. The minimum atomic E-state index is 0.0524. The van der Waals surface area contributed by atoms with Gasteiger partial charge < -0.3 is 18.9 Å². The Hall–Kier alpha value is -3.21. The number of ketones is 1. The number of benzene rings is 2. The van der Waals surface area contributed by atoms with Crippen molar-refractivity contribution < 1.29 is 23.7 Å². The molecule has 3 rings (SSSR count). The summed E-state index contributed by atoms with van der Waals surface area (Å²) in [6.07, 6.45) is 5.33. The maximum atomic E-state index is 13.5. The van der Waals surface area contributed by atoms with E-state index in [9.17, 15) is 4.79 Å². The van der Waals surface area contributed by atoms with Crippen molar-refractivity contribution in [1.29, 1.82) is 0 Å². The lowest BCUT2D eigenvalue weighted by atomic mass is 9.75. The van der Waals surface area contributed by atoms with E-state index in [0.29, 0.717) is 34.8 Å². The highest BCUT2D eigenvalue weighted by atomic mass is 16.5. The standard InChI is InChI=1S/C27H32O5/c1-17(2)20-15-21(13-18-9-7-11-23(29-3)26(18)31-5)25(28)22(16-20)14-19-10-8-12-24(30-4)27(19)32-6/h7-14,17,20H,15-16H2,1-6H3/b21-13+,22-14+. The van der Waals surface area contributed by atoms with Crippen molar-refractivity contribution in [2.45, 2.75) is 26.7 Å². The Morgan fingerprint density at radius 2 is 1.19 bits per heavy atom. The molecule has 0 amide bonds. The number of methoxy groups -OCH3 is 4. The molecule has 2 aromatic rings. The molecule has 1 fully saturated rings. The Morgan fingerprint density at radius 1 is 0.750 bits per heavy atom. The topological polar surface area (TPSA) is 54.0 Å². The van der Waals surface area contributed by atoms with Crippen molar-refractivity contribution in [2.24, 2.45) is 11.8 Å². The Kier molecular flexibility index (Phi) is 7.62. The van der Waals surface area contributed by atoms with Gasteiger partial charge in [-0.3, -0.25) is 4.79 Å². The maximum absolute atomic E-state index is 13.5. The van der Waals surface area contributed by atoms with E-state index in [2.05, 4.69) is 13.8 Å². The van der Waals surface area contributed by atoms with E-state index in [-0.39, 0.29) is 5.78 Å². The van der Waals surface area contributed by atoms with Gasteiger partial charge in [-0.25, -0.2) is 0 Å². The van der Waals surface area contributed by atoms with Gasteiger partial charge in [-0.2, -0.15) is 0 Å². The number of hydrogen-bond donors (Lipinski definition) is 0. The van der Waals surface area contributed by atoms with Crippen molar-refractivity contribution in [3.8, 4) is 23.0 Å². The molecule has 0 radical (unpaired) electrons. The molecule has 0 atom stereocenters. The van der Waals surface area contributed by atoms with Crippen LogP contribution in [0.1, 0.15) is 37.8 Å². The summed E-state index contributed by atoms with van der Waals surface area (Å²) in [5, 5.41) is 0. The van der Waals surface area contributed by atoms with Crippen LogP contribution in [-0.2, 0) is 4.79 Å². The third kappa shape index (κ3) is 4.82. The third-order valence-electron chi connectivity index (χ3n) is 6.02. The predicted octanol–water partition coefficient (Wildman–Crippen LogP) is 5.82. The number of hydrogen-bond acceptors (Lipinski definition) is 5. The number of allylic oxidation sites excluding steroid dienone is 2. The summed E-state index contributed by atoms with van der Waals surface area (Å²) in [5.41, 5.74) is 3.21. The van der Waals surface area contributed by atoms with Crippen LogP contribution in [0, 0.1) is 11.8 Å².